The van der Waals surface area contributed by atoms with Gasteiger partial charge in [-0.25, -0.2) is 4.68 Å². The van der Waals surface area contributed by atoms with Gasteiger partial charge in [0.25, 0.3) is 11.8 Å². The zero-order valence-electron chi connectivity index (χ0n) is 17.7. The summed E-state index contributed by atoms with van der Waals surface area (Å²) in [5.74, 6) is 0.166. The van der Waals surface area contributed by atoms with Gasteiger partial charge in [-0.1, -0.05) is 31.5 Å². The average molecular weight is 441 g/mol. The minimum absolute atomic E-state index is 0.0556. The van der Waals surface area contributed by atoms with Crippen molar-refractivity contribution in [3.63, 3.8) is 0 Å². The number of carbonyl (C=O) groups is 2. The summed E-state index contributed by atoms with van der Waals surface area (Å²) < 4.78 is 7.17. The quantitative estimate of drug-likeness (QED) is 0.543. The van der Waals surface area contributed by atoms with Crippen LogP contribution in [0.4, 0.5) is 5.69 Å². The molecule has 2 aromatic carbocycles. The van der Waals surface area contributed by atoms with E-state index in [-0.39, 0.29) is 24.3 Å². The van der Waals surface area contributed by atoms with E-state index in [1.165, 1.54) is 0 Å². The van der Waals surface area contributed by atoms with Gasteiger partial charge in [-0.15, -0.1) is 0 Å². The number of likely N-dealkylation sites (N-methyl/N-ethyl adjacent to an activating group) is 1. The van der Waals surface area contributed by atoms with Crippen molar-refractivity contribution < 1.29 is 14.3 Å². The molecule has 1 heterocycles. The minimum atomic E-state index is -0.257. The van der Waals surface area contributed by atoms with Crippen molar-refractivity contribution in [2.24, 2.45) is 0 Å². The fraction of sp³-hybridized carbons (Fsp3) is 0.261. The van der Waals surface area contributed by atoms with Crippen LogP contribution in [0.25, 0.3) is 5.69 Å². The standard InChI is InChI=1S/C23H25ClN4O3/c1-4-25-21(29)14-31-19-10-8-17(9-11-19)27-23(30)20-13-26-28(22(20)15(2)3)18-7-5-6-16(24)12-18/h5-13,15H,4,14H2,1-3H3,(H,25,29)(H,27,30). The zero-order valence-corrected chi connectivity index (χ0v) is 18.4. The van der Waals surface area contributed by atoms with Crippen LogP contribution >= 0.6 is 11.6 Å². The molecule has 0 aliphatic carbocycles. The first-order valence-corrected chi connectivity index (χ1v) is 10.4. The molecule has 3 rings (SSSR count). The maximum absolute atomic E-state index is 12.9. The van der Waals surface area contributed by atoms with Gasteiger partial charge in [0.15, 0.2) is 6.61 Å². The van der Waals surface area contributed by atoms with E-state index in [2.05, 4.69) is 15.7 Å². The van der Waals surface area contributed by atoms with E-state index >= 15 is 0 Å². The molecule has 0 fully saturated rings. The lowest BCUT2D eigenvalue weighted by molar-refractivity contribution is -0.122. The van der Waals surface area contributed by atoms with Crippen LogP contribution in [0.15, 0.2) is 54.7 Å². The van der Waals surface area contributed by atoms with Gasteiger partial charge in [0, 0.05) is 17.3 Å². The van der Waals surface area contributed by atoms with Crippen molar-refractivity contribution in [1.29, 1.82) is 0 Å². The minimum Gasteiger partial charge on any atom is -0.484 e. The third-order valence-corrected chi connectivity index (χ3v) is 4.74. The Morgan fingerprint density at radius 2 is 1.90 bits per heavy atom. The number of amides is 2. The number of benzene rings is 2. The maximum atomic E-state index is 12.9. The topological polar surface area (TPSA) is 85.2 Å². The largest absolute Gasteiger partial charge is 0.484 e. The van der Waals surface area contributed by atoms with Crippen LogP contribution in [-0.4, -0.2) is 34.7 Å². The van der Waals surface area contributed by atoms with E-state index in [1.807, 2.05) is 39.0 Å². The molecule has 8 heteroatoms. The molecule has 0 aliphatic rings. The van der Waals surface area contributed by atoms with Crippen LogP contribution in [-0.2, 0) is 4.79 Å². The molecule has 0 spiro atoms. The Bertz CT molecular complexity index is 1060. The van der Waals surface area contributed by atoms with Crippen LogP contribution in [0.2, 0.25) is 5.02 Å². The molecular formula is C23H25ClN4O3. The van der Waals surface area contributed by atoms with E-state index in [0.717, 1.165) is 11.4 Å². The average Bonchev–Trinajstić information content (AvgIpc) is 3.19. The monoisotopic (exact) mass is 440 g/mol. The van der Waals surface area contributed by atoms with Crippen molar-refractivity contribution >= 4 is 29.1 Å². The lowest BCUT2D eigenvalue weighted by atomic mass is 10.0. The summed E-state index contributed by atoms with van der Waals surface area (Å²) in [7, 11) is 0. The zero-order chi connectivity index (χ0) is 22.4. The van der Waals surface area contributed by atoms with Gasteiger partial charge in [0.05, 0.1) is 23.1 Å². The van der Waals surface area contributed by atoms with Crippen LogP contribution < -0.4 is 15.4 Å². The number of nitrogens with zero attached hydrogens (tertiary/aromatic N) is 2. The Morgan fingerprint density at radius 3 is 2.55 bits per heavy atom. The molecule has 0 unspecified atom stereocenters. The number of nitrogens with one attached hydrogen (secondary N) is 2. The summed E-state index contributed by atoms with van der Waals surface area (Å²) in [6.07, 6.45) is 1.56. The summed E-state index contributed by atoms with van der Waals surface area (Å²) in [6, 6.07) is 14.2. The molecule has 162 valence electrons. The molecule has 0 bridgehead atoms. The third kappa shape index (κ3) is 5.64. The second-order valence-electron chi connectivity index (χ2n) is 7.21. The fourth-order valence-corrected chi connectivity index (χ4v) is 3.32. The molecule has 3 aromatic rings. The predicted molar refractivity (Wildman–Crippen MR) is 121 cm³/mol. The highest BCUT2D eigenvalue weighted by Crippen LogP contribution is 2.25. The molecule has 0 radical (unpaired) electrons. The number of aromatic nitrogens is 2. The normalized spacial score (nSPS) is 10.7. The van der Waals surface area contributed by atoms with Crippen molar-refractivity contribution in [2.45, 2.75) is 26.7 Å². The highest BCUT2D eigenvalue weighted by Gasteiger charge is 2.21. The van der Waals surface area contributed by atoms with Crippen molar-refractivity contribution in [2.75, 3.05) is 18.5 Å². The van der Waals surface area contributed by atoms with Crippen molar-refractivity contribution in [1.82, 2.24) is 15.1 Å². The molecule has 1 aromatic heterocycles. The number of rotatable bonds is 8. The third-order valence-electron chi connectivity index (χ3n) is 4.51. The van der Waals surface area contributed by atoms with Crippen LogP contribution in [0.1, 0.15) is 42.7 Å². The smallest absolute Gasteiger partial charge is 0.259 e. The van der Waals surface area contributed by atoms with Gasteiger partial charge >= 0.3 is 0 Å². The molecule has 7 nitrogen and oxygen atoms in total. The maximum Gasteiger partial charge on any atom is 0.259 e. The first-order valence-electron chi connectivity index (χ1n) is 10.0. The Labute approximate surface area is 186 Å². The number of carbonyl (C=O) groups excluding carboxylic acids is 2. The second kappa shape index (κ2) is 10.1. The Morgan fingerprint density at radius 1 is 1.16 bits per heavy atom. The first kappa shape index (κ1) is 22.4. The van der Waals surface area contributed by atoms with E-state index in [0.29, 0.717) is 28.6 Å². The second-order valence-corrected chi connectivity index (χ2v) is 7.65. The number of halogens is 1. The van der Waals surface area contributed by atoms with Gasteiger partial charge in [0.2, 0.25) is 0 Å². The highest BCUT2D eigenvalue weighted by molar-refractivity contribution is 6.30. The summed E-state index contributed by atoms with van der Waals surface area (Å²) in [5.41, 5.74) is 2.69. The SMILES string of the molecule is CCNC(=O)COc1ccc(NC(=O)c2cnn(-c3cccc(Cl)c3)c2C(C)C)cc1. The van der Waals surface area contributed by atoms with Gasteiger partial charge in [0.1, 0.15) is 5.75 Å². The van der Waals surface area contributed by atoms with Gasteiger partial charge < -0.3 is 15.4 Å². The molecule has 0 atom stereocenters. The molecule has 2 amide bonds. The Balaban J connectivity index is 1.74. The number of hydrogen-bond donors (Lipinski definition) is 2. The van der Waals surface area contributed by atoms with Gasteiger partial charge in [-0.3, -0.25) is 9.59 Å². The van der Waals surface area contributed by atoms with Crippen LogP contribution in [0.3, 0.4) is 0 Å². The predicted octanol–water partition coefficient (Wildman–Crippen LogP) is 4.42. The van der Waals surface area contributed by atoms with E-state index in [9.17, 15) is 9.59 Å². The molecule has 0 aliphatic heterocycles. The van der Waals surface area contributed by atoms with Gasteiger partial charge in [-0.05, 0) is 55.3 Å². The van der Waals surface area contributed by atoms with E-state index < -0.39 is 0 Å². The van der Waals surface area contributed by atoms with E-state index in [4.69, 9.17) is 16.3 Å². The van der Waals surface area contributed by atoms with Gasteiger partial charge in [-0.2, -0.15) is 5.10 Å². The summed E-state index contributed by atoms with van der Waals surface area (Å²) in [5, 5.41) is 10.6. The molecular weight excluding hydrogens is 416 g/mol. The molecule has 31 heavy (non-hydrogen) atoms. The molecule has 2 N–H and O–H groups in total. The Kier molecular flexibility index (Phi) is 7.31. The lowest BCUT2D eigenvalue weighted by Gasteiger charge is -2.13. The fourth-order valence-electron chi connectivity index (χ4n) is 3.13. The summed E-state index contributed by atoms with van der Waals surface area (Å²) in [4.78, 5) is 24.4. The number of hydrogen-bond acceptors (Lipinski definition) is 4. The van der Waals surface area contributed by atoms with Crippen LogP contribution in [0, 0.1) is 0 Å². The number of ether oxygens (including phenoxy) is 1. The highest BCUT2D eigenvalue weighted by atomic mass is 35.5. The lowest BCUT2D eigenvalue weighted by Crippen LogP contribution is -2.28. The van der Waals surface area contributed by atoms with Crippen molar-refractivity contribution in [3.05, 3.63) is 71.0 Å². The number of anilines is 1. The summed E-state index contributed by atoms with van der Waals surface area (Å²) in [6.45, 7) is 6.36. The summed E-state index contributed by atoms with van der Waals surface area (Å²) >= 11 is 6.12. The molecule has 0 saturated carbocycles. The van der Waals surface area contributed by atoms with E-state index in [1.54, 1.807) is 41.2 Å². The van der Waals surface area contributed by atoms with Crippen LogP contribution in [0.5, 0.6) is 5.75 Å². The van der Waals surface area contributed by atoms with Crippen molar-refractivity contribution in [3.8, 4) is 11.4 Å². The first-order chi connectivity index (χ1) is 14.9. The molecule has 0 saturated heterocycles. The Hall–Kier alpha value is -3.32.